The maximum absolute atomic E-state index is 6.23. The second-order valence-corrected chi connectivity index (χ2v) is 4.71. The zero-order chi connectivity index (χ0) is 10.2. The van der Waals surface area contributed by atoms with Crippen LogP contribution in [0, 0.1) is 0 Å². The predicted molar refractivity (Wildman–Crippen MR) is 67.7 cm³/mol. The van der Waals surface area contributed by atoms with Crippen LogP contribution in [0.4, 0.5) is 0 Å². The number of benzene rings is 1. The van der Waals surface area contributed by atoms with Gasteiger partial charge in [0.2, 0.25) is 0 Å². The number of hydrogen-bond donors (Lipinski definition) is 1. The quantitative estimate of drug-likeness (QED) is 0.908. The van der Waals surface area contributed by atoms with Gasteiger partial charge in [-0.1, -0.05) is 6.07 Å². The van der Waals surface area contributed by atoms with Gasteiger partial charge in [-0.3, -0.25) is 0 Å². The summed E-state index contributed by atoms with van der Waals surface area (Å²) in [4.78, 5) is 0. The molecule has 1 aromatic carbocycles. The highest BCUT2D eigenvalue weighted by Crippen LogP contribution is 2.40. The summed E-state index contributed by atoms with van der Waals surface area (Å²) < 4.78 is 6.23. The van der Waals surface area contributed by atoms with Gasteiger partial charge in [0.1, 0.15) is 5.75 Å². The Morgan fingerprint density at radius 3 is 2.53 bits per heavy atom. The Morgan fingerprint density at radius 1 is 1.40 bits per heavy atom. The van der Waals surface area contributed by atoms with Crippen LogP contribution in [0.15, 0.2) is 22.7 Å². The van der Waals surface area contributed by atoms with Crippen molar-refractivity contribution in [3.63, 3.8) is 0 Å². The molecule has 1 aromatic rings. The first-order chi connectivity index (χ1) is 6.65. The van der Waals surface area contributed by atoms with Crippen LogP contribution >= 0.6 is 28.3 Å². The minimum Gasteiger partial charge on any atom is -0.496 e. The monoisotopic (exact) mass is 291 g/mol. The molecule has 2 N–H and O–H groups in total. The Labute approximate surface area is 105 Å². The summed E-state index contributed by atoms with van der Waals surface area (Å²) in [5.41, 5.74) is 7.31. The van der Waals surface area contributed by atoms with E-state index < -0.39 is 0 Å². The second-order valence-electron chi connectivity index (χ2n) is 3.86. The lowest BCUT2D eigenvalue weighted by Crippen LogP contribution is -2.43. The van der Waals surface area contributed by atoms with Crippen LogP contribution in [0.25, 0.3) is 0 Å². The fourth-order valence-corrected chi connectivity index (χ4v) is 2.22. The smallest absolute Gasteiger partial charge is 0.133 e. The number of halogens is 2. The Kier molecular flexibility index (Phi) is 4.04. The standard InChI is InChI=1S/C11H14BrNO.ClH/c1-14-10-7-8(3-4-9(10)12)11(13)5-2-6-11;/h3-4,7H,2,5-6,13H2,1H3;1H. The van der Waals surface area contributed by atoms with E-state index in [9.17, 15) is 0 Å². The van der Waals surface area contributed by atoms with E-state index in [1.54, 1.807) is 7.11 Å². The number of ether oxygens (including phenoxy) is 1. The lowest BCUT2D eigenvalue weighted by atomic mass is 9.73. The molecule has 15 heavy (non-hydrogen) atoms. The average molecular weight is 293 g/mol. The summed E-state index contributed by atoms with van der Waals surface area (Å²) in [6, 6.07) is 6.11. The first kappa shape index (κ1) is 12.8. The van der Waals surface area contributed by atoms with Crippen LogP contribution in [0.5, 0.6) is 5.75 Å². The van der Waals surface area contributed by atoms with Gasteiger partial charge in [0, 0.05) is 5.54 Å². The molecule has 0 aromatic heterocycles. The molecule has 0 amide bonds. The largest absolute Gasteiger partial charge is 0.496 e. The van der Waals surface area contributed by atoms with E-state index in [0.29, 0.717) is 0 Å². The van der Waals surface area contributed by atoms with Crippen molar-refractivity contribution in [1.29, 1.82) is 0 Å². The molecule has 0 unspecified atom stereocenters. The van der Waals surface area contributed by atoms with Crippen molar-refractivity contribution in [2.75, 3.05) is 7.11 Å². The fourth-order valence-electron chi connectivity index (χ4n) is 1.82. The zero-order valence-electron chi connectivity index (χ0n) is 8.63. The van der Waals surface area contributed by atoms with Gasteiger partial charge < -0.3 is 10.5 Å². The first-order valence-electron chi connectivity index (χ1n) is 4.79. The Hall–Kier alpha value is -0.250. The molecule has 0 atom stereocenters. The highest BCUT2D eigenvalue weighted by Gasteiger charge is 2.34. The van der Waals surface area contributed by atoms with Crippen LogP contribution in [-0.4, -0.2) is 7.11 Å². The van der Waals surface area contributed by atoms with Gasteiger partial charge >= 0.3 is 0 Å². The molecule has 84 valence electrons. The van der Waals surface area contributed by atoms with E-state index in [2.05, 4.69) is 22.0 Å². The molecule has 1 aliphatic rings. The van der Waals surface area contributed by atoms with Crippen molar-refractivity contribution in [1.82, 2.24) is 0 Å². The Morgan fingerprint density at radius 2 is 2.07 bits per heavy atom. The van der Waals surface area contributed by atoms with Gasteiger partial charge in [-0.2, -0.15) is 0 Å². The fraction of sp³-hybridized carbons (Fsp3) is 0.455. The number of methoxy groups -OCH3 is 1. The summed E-state index contributed by atoms with van der Waals surface area (Å²) in [7, 11) is 1.67. The number of nitrogens with two attached hydrogens (primary N) is 1. The van der Waals surface area contributed by atoms with Gasteiger partial charge in [-0.25, -0.2) is 0 Å². The third kappa shape index (κ3) is 2.30. The summed E-state index contributed by atoms with van der Waals surface area (Å²) in [6.07, 6.45) is 3.39. The van der Waals surface area contributed by atoms with E-state index >= 15 is 0 Å². The summed E-state index contributed by atoms with van der Waals surface area (Å²) >= 11 is 3.43. The van der Waals surface area contributed by atoms with Crippen LogP contribution in [0.2, 0.25) is 0 Å². The van der Waals surface area contributed by atoms with Crippen molar-refractivity contribution in [3.05, 3.63) is 28.2 Å². The molecule has 0 radical (unpaired) electrons. The lowest BCUT2D eigenvalue weighted by molar-refractivity contribution is 0.252. The van der Waals surface area contributed by atoms with E-state index in [1.165, 1.54) is 12.0 Å². The van der Waals surface area contributed by atoms with Crippen LogP contribution in [0.3, 0.4) is 0 Å². The lowest BCUT2D eigenvalue weighted by Gasteiger charge is -2.38. The van der Waals surface area contributed by atoms with E-state index in [-0.39, 0.29) is 17.9 Å². The zero-order valence-corrected chi connectivity index (χ0v) is 11.0. The average Bonchev–Trinajstić information content (AvgIpc) is 2.15. The van der Waals surface area contributed by atoms with Crippen molar-refractivity contribution < 1.29 is 4.74 Å². The SMILES string of the molecule is COc1cc(C2(N)CCC2)ccc1Br.Cl. The topological polar surface area (TPSA) is 35.2 Å². The third-order valence-corrected chi connectivity index (χ3v) is 3.63. The minimum absolute atomic E-state index is 0. The molecule has 1 aliphatic carbocycles. The summed E-state index contributed by atoms with van der Waals surface area (Å²) in [5.74, 6) is 0.860. The maximum Gasteiger partial charge on any atom is 0.133 e. The van der Waals surface area contributed by atoms with Crippen molar-refractivity contribution >= 4 is 28.3 Å². The van der Waals surface area contributed by atoms with Crippen molar-refractivity contribution in [3.8, 4) is 5.75 Å². The molecule has 2 nitrogen and oxygen atoms in total. The summed E-state index contributed by atoms with van der Waals surface area (Å²) in [6.45, 7) is 0. The Balaban J connectivity index is 0.00000112. The first-order valence-corrected chi connectivity index (χ1v) is 5.58. The molecule has 1 saturated carbocycles. The van der Waals surface area contributed by atoms with Gasteiger partial charge in [0.25, 0.3) is 0 Å². The number of hydrogen-bond acceptors (Lipinski definition) is 2. The van der Waals surface area contributed by atoms with E-state index in [4.69, 9.17) is 10.5 Å². The van der Waals surface area contributed by atoms with Crippen LogP contribution < -0.4 is 10.5 Å². The molecule has 0 bridgehead atoms. The minimum atomic E-state index is -0.103. The van der Waals surface area contributed by atoms with Crippen LogP contribution in [0.1, 0.15) is 24.8 Å². The predicted octanol–water partition coefficient (Wildman–Crippen LogP) is 3.22. The molecular formula is C11H15BrClNO. The molecule has 0 aliphatic heterocycles. The second kappa shape index (κ2) is 4.73. The van der Waals surface area contributed by atoms with E-state index in [0.717, 1.165) is 23.1 Å². The van der Waals surface area contributed by atoms with Gasteiger partial charge in [0.05, 0.1) is 11.6 Å². The molecule has 2 rings (SSSR count). The molecule has 0 saturated heterocycles. The van der Waals surface area contributed by atoms with Gasteiger partial charge in [-0.15, -0.1) is 12.4 Å². The van der Waals surface area contributed by atoms with Crippen molar-refractivity contribution in [2.24, 2.45) is 5.73 Å². The molecular weight excluding hydrogens is 277 g/mol. The van der Waals surface area contributed by atoms with Crippen LogP contribution in [-0.2, 0) is 5.54 Å². The third-order valence-electron chi connectivity index (χ3n) is 2.97. The summed E-state index contributed by atoms with van der Waals surface area (Å²) in [5, 5.41) is 0. The van der Waals surface area contributed by atoms with Gasteiger partial charge in [0.15, 0.2) is 0 Å². The molecule has 4 heteroatoms. The molecule has 1 fully saturated rings. The molecule has 0 heterocycles. The number of rotatable bonds is 2. The van der Waals surface area contributed by atoms with Gasteiger partial charge in [-0.05, 0) is 52.9 Å². The maximum atomic E-state index is 6.23. The molecule has 0 spiro atoms. The highest BCUT2D eigenvalue weighted by molar-refractivity contribution is 9.10. The highest BCUT2D eigenvalue weighted by atomic mass is 79.9. The van der Waals surface area contributed by atoms with E-state index in [1.807, 2.05) is 12.1 Å². The normalized spacial score (nSPS) is 17.5. The Bertz CT molecular complexity index is 352. The van der Waals surface area contributed by atoms with Crippen molar-refractivity contribution in [2.45, 2.75) is 24.8 Å².